The number of ether oxygens (including phenoxy) is 1. The Morgan fingerprint density at radius 1 is 1.00 bits per heavy atom. The number of aliphatic hydroxyl groups is 2. The summed E-state index contributed by atoms with van der Waals surface area (Å²) >= 11 is 0. The number of carbonyl (C=O) groups is 1. The molecule has 148 valence electrons. The van der Waals surface area contributed by atoms with Crippen LogP contribution in [0.2, 0.25) is 0 Å². The maximum absolute atomic E-state index is 12.3. The molecule has 0 aromatic heterocycles. The third-order valence-electron chi connectivity index (χ3n) is 9.25. The van der Waals surface area contributed by atoms with Gasteiger partial charge in [0.15, 0.2) is 5.78 Å². The minimum atomic E-state index is -1.11. The van der Waals surface area contributed by atoms with Crippen LogP contribution in [0.15, 0.2) is 0 Å². The third-order valence-corrected chi connectivity index (χ3v) is 9.25. The second-order valence-corrected chi connectivity index (χ2v) is 10.2. The van der Waals surface area contributed by atoms with Crippen LogP contribution in [0.25, 0.3) is 0 Å². The summed E-state index contributed by atoms with van der Waals surface area (Å²) in [6.45, 7) is 4.22. The highest BCUT2D eigenvalue weighted by molar-refractivity contribution is 5.86. The third kappa shape index (κ3) is 2.55. The fourth-order valence-corrected chi connectivity index (χ4v) is 7.96. The van der Waals surface area contributed by atoms with Gasteiger partial charge < -0.3 is 14.9 Å². The lowest BCUT2D eigenvalue weighted by Gasteiger charge is -2.57. The van der Waals surface area contributed by atoms with Crippen LogP contribution in [0.5, 0.6) is 0 Å². The standard InChI is InChI=1S/C22H36O4/c1-14(23)22(25)11-8-19-18-5-4-15-12-21(24,13-26-3)10-7-16(15)17(18)6-9-20(19,22)2/h15-19,24-25H,4-13H2,1-3H3/t15-,16+,17-,18-,19+,20+,21-,22+/m1/s1. The van der Waals surface area contributed by atoms with Crippen LogP contribution in [0.3, 0.4) is 0 Å². The highest BCUT2D eigenvalue weighted by Gasteiger charge is 2.64. The number of hydrogen-bond acceptors (Lipinski definition) is 4. The van der Waals surface area contributed by atoms with E-state index in [1.54, 1.807) is 14.0 Å². The topological polar surface area (TPSA) is 66.8 Å². The quantitative estimate of drug-likeness (QED) is 0.806. The lowest BCUT2D eigenvalue weighted by molar-refractivity contribution is -0.165. The molecule has 0 heterocycles. The molecule has 0 bridgehead atoms. The molecule has 2 N–H and O–H groups in total. The number of hydrogen-bond donors (Lipinski definition) is 2. The fraction of sp³-hybridized carbons (Fsp3) is 0.955. The zero-order chi connectivity index (χ0) is 18.7. The Bertz CT molecular complexity index is 576. The Kier molecular flexibility index (Phi) is 4.57. The van der Waals surface area contributed by atoms with Gasteiger partial charge in [-0.2, -0.15) is 0 Å². The number of methoxy groups -OCH3 is 1. The molecule has 8 atom stereocenters. The van der Waals surface area contributed by atoms with Gasteiger partial charge in [0.1, 0.15) is 5.60 Å². The monoisotopic (exact) mass is 364 g/mol. The molecule has 4 nitrogen and oxygen atoms in total. The Morgan fingerprint density at radius 3 is 2.42 bits per heavy atom. The first-order chi connectivity index (χ1) is 12.2. The number of carbonyl (C=O) groups excluding carboxylic acids is 1. The van der Waals surface area contributed by atoms with E-state index in [4.69, 9.17) is 4.74 Å². The lowest BCUT2D eigenvalue weighted by atomic mass is 9.48. The van der Waals surface area contributed by atoms with E-state index in [0.29, 0.717) is 42.6 Å². The highest BCUT2D eigenvalue weighted by Crippen LogP contribution is 2.65. The summed E-state index contributed by atoms with van der Waals surface area (Å²) < 4.78 is 5.28. The number of Topliss-reactive ketones (excluding diaryl/α,β-unsaturated/α-hetero) is 1. The predicted molar refractivity (Wildman–Crippen MR) is 99.6 cm³/mol. The smallest absolute Gasteiger partial charge is 0.161 e. The van der Waals surface area contributed by atoms with Crippen molar-refractivity contribution in [2.75, 3.05) is 13.7 Å². The Hall–Kier alpha value is -0.450. The lowest BCUT2D eigenvalue weighted by Crippen LogP contribution is -2.57. The van der Waals surface area contributed by atoms with Crippen LogP contribution in [0.1, 0.15) is 71.6 Å². The van der Waals surface area contributed by atoms with Crippen LogP contribution in [0, 0.1) is 35.0 Å². The summed E-state index contributed by atoms with van der Waals surface area (Å²) in [7, 11) is 1.68. The largest absolute Gasteiger partial charge is 0.387 e. The number of rotatable bonds is 3. The molecule has 4 aliphatic carbocycles. The minimum absolute atomic E-state index is 0.0306. The number of fused-ring (bicyclic) bond motifs is 5. The molecular formula is C22H36O4. The van der Waals surface area contributed by atoms with Crippen molar-refractivity contribution >= 4 is 5.78 Å². The zero-order valence-corrected chi connectivity index (χ0v) is 16.7. The molecule has 4 saturated carbocycles. The van der Waals surface area contributed by atoms with Crippen molar-refractivity contribution in [3.63, 3.8) is 0 Å². The van der Waals surface area contributed by atoms with E-state index in [-0.39, 0.29) is 11.2 Å². The van der Waals surface area contributed by atoms with Crippen molar-refractivity contribution in [3.05, 3.63) is 0 Å². The van der Waals surface area contributed by atoms with Crippen LogP contribution in [0.4, 0.5) is 0 Å². The summed E-state index contributed by atoms with van der Waals surface area (Å²) in [6.07, 6.45) is 8.97. The molecule has 4 fully saturated rings. The molecule has 0 radical (unpaired) electrons. The Labute approximate surface area is 157 Å². The maximum Gasteiger partial charge on any atom is 0.161 e. The van der Waals surface area contributed by atoms with E-state index in [2.05, 4.69) is 6.92 Å². The van der Waals surface area contributed by atoms with Gasteiger partial charge in [-0.25, -0.2) is 0 Å². The van der Waals surface area contributed by atoms with Gasteiger partial charge in [-0.05, 0) is 94.3 Å². The van der Waals surface area contributed by atoms with Crippen molar-refractivity contribution in [1.82, 2.24) is 0 Å². The van der Waals surface area contributed by atoms with Gasteiger partial charge in [0.05, 0.1) is 12.2 Å². The van der Waals surface area contributed by atoms with Gasteiger partial charge in [-0.3, -0.25) is 4.79 Å². The van der Waals surface area contributed by atoms with Gasteiger partial charge in [0.25, 0.3) is 0 Å². The molecule has 0 aromatic carbocycles. The molecule has 4 rings (SSSR count). The van der Waals surface area contributed by atoms with E-state index in [1.807, 2.05) is 0 Å². The summed E-state index contributed by atoms with van der Waals surface area (Å²) in [4.78, 5) is 12.3. The highest BCUT2D eigenvalue weighted by atomic mass is 16.5. The van der Waals surface area contributed by atoms with E-state index in [1.165, 1.54) is 12.8 Å². The zero-order valence-electron chi connectivity index (χ0n) is 16.7. The van der Waals surface area contributed by atoms with E-state index >= 15 is 0 Å². The van der Waals surface area contributed by atoms with Gasteiger partial charge in [0, 0.05) is 12.5 Å². The van der Waals surface area contributed by atoms with Gasteiger partial charge >= 0.3 is 0 Å². The first-order valence-corrected chi connectivity index (χ1v) is 10.7. The molecule has 0 aromatic rings. The first kappa shape index (κ1) is 18.9. The Balaban J connectivity index is 1.54. The summed E-state index contributed by atoms with van der Waals surface area (Å²) in [5, 5.41) is 22.0. The average molecular weight is 365 g/mol. The van der Waals surface area contributed by atoms with E-state index in [9.17, 15) is 15.0 Å². The second kappa shape index (κ2) is 6.28. The van der Waals surface area contributed by atoms with E-state index < -0.39 is 11.2 Å². The predicted octanol–water partition coefficient (Wildman–Crippen LogP) is 3.34. The molecule has 26 heavy (non-hydrogen) atoms. The van der Waals surface area contributed by atoms with Crippen molar-refractivity contribution in [3.8, 4) is 0 Å². The molecule has 0 saturated heterocycles. The minimum Gasteiger partial charge on any atom is -0.387 e. The molecule has 4 aliphatic rings. The summed E-state index contributed by atoms with van der Waals surface area (Å²) in [6, 6.07) is 0. The van der Waals surface area contributed by atoms with Crippen molar-refractivity contribution in [2.24, 2.45) is 35.0 Å². The van der Waals surface area contributed by atoms with Gasteiger partial charge in [-0.1, -0.05) is 6.92 Å². The van der Waals surface area contributed by atoms with Crippen LogP contribution >= 0.6 is 0 Å². The van der Waals surface area contributed by atoms with E-state index in [0.717, 1.165) is 38.5 Å². The van der Waals surface area contributed by atoms with Crippen molar-refractivity contribution < 1.29 is 19.7 Å². The van der Waals surface area contributed by atoms with Crippen LogP contribution < -0.4 is 0 Å². The molecular weight excluding hydrogens is 328 g/mol. The molecule has 0 aliphatic heterocycles. The SMILES string of the molecule is COC[C@@]1(O)CC[C@H]2[C@H](CC[C@@H]3[C@@H]2CC[C@@]2(C)[C@H]3CC[C@]2(O)C(C)=O)C1. The normalized spacial score (nSPS) is 53.5. The average Bonchev–Trinajstić information content (AvgIpc) is 2.87. The van der Waals surface area contributed by atoms with Crippen LogP contribution in [-0.4, -0.2) is 40.9 Å². The Morgan fingerprint density at radius 2 is 1.73 bits per heavy atom. The first-order valence-electron chi connectivity index (χ1n) is 10.7. The van der Waals surface area contributed by atoms with Crippen molar-refractivity contribution in [1.29, 1.82) is 0 Å². The van der Waals surface area contributed by atoms with Crippen LogP contribution in [-0.2, 0) is 9.53 Å². The molecule has 0 unspecified atom stereocenters. The maximum atomic E-state index is 12.3. The molecule has 4 heteroatoms. The molecule has 0 amide bonds. The fourth-order valence-electron chi connectivity index (χ4n) is 7.96. The van der Waals surface area contributed by atoms with Crippen molar-refractivity contribution in [2.45, 2.75) is 82.8 Å². The summed E-state index contributed by atoms with van der Waals surface area (Å²) in [5.74, 6) is 3.14. The number of ketones is 1. The second-order valence-electron chi connectivity index (χ2n) is 10.2. The summed E-state index contributed by atoms with van der Waals surface area (Å²) in [5.41, 5.74) is -1.97. The van der Waals surface area contributed by atoms with Gasteiger partial charge in [0.2, 0.25) is 0 Å². The molecule has 0 spiro atoms. The van der Waals surface area contributed by atoms with Gasteiger partial charge in [-0.15, -0.1) is 0 Å².